The van der Waals surface area contributed by atoms with Gasteiger partial charge in [-0.1, -0.05) is 6.07 Å². The van der Waals surface area contributed by atoms with Crippen molar-refractivity contribution < 1.29 is 14.3 Å². The summed E-state index contributed by atoms with van der Waals surface area (Å²) in [7, 11) is 1.60. The molecule has 2 aromatic rings. The van der Waals surface area contributed by atoms with Crippen LogP contribution in [-0.2, 0) is 0 Å². The number of nitrogens with zero attached hydrogens (tertiary/aromatic N) is 2. The molecule has 2 heterocycles. The molecule has 0 bridgehead atoms. The zero-order valence-electron chi connectivity index (χ0n) is 13.6. The third-order valence-electron chi connectivity index (χ3n) is 4.16. The van der Waals surface area contributed by atoms with E-state index < -0.39 is 0 Å². The maximum absolute atomic E-state index is 12.5. The smallest absolute Gasteiger partial charge is 0.253 e. The predicted octanol–water partition coefficient (Wildman–Crippen LogP) is 2.40. The highest BCUT2D eigenvalue weighted by atomic mass is 32.1. The maximum atomic E-state index is 12.5. The molecule has 0 unspecified atom stereocenters. The Bertz CT molecular complexity index is 690. The summed E-state index contributed by atoms with van der Waals surface area (Å²) < 4.78 is 5.11. The first kappa shape index (κ1) is 16.7. The fourth-order valence-electron chi connectivity index (χ4n) is 2.74. The predicted molar refractivity (Wildman–Crippen MR) is 94.0 cm³/mol. The number of hydrogen-bond donors (Lipinski definition) is 0. The molecule has 0 N–H and O–H groups in total. The Morgan fingerprint density at radius 3 is 2.38 bits per heavy atom. The van der Waals surface area contributed by atoms with Crippen LogP contribution in [0.1, 0.15) is 20.0 Å². The molecular formula is C18H20N2O3S. The number of ketones is 1. The molecule has 0 saturated carbocycles. The van der Waals surface area contributed by atoms with Crippen LogP contribution in [0.2, 0.25) is 0 Å². The van der Waals surface area contributed by atoms with Crippen molar-refractivity contribution in [3.63, 3.8) is 0 Å². The summed E-state index contributed by atoms with van der Waals surface area (Å²) in [6.45, 7) is 3.15. The topological polar surface area (TPSA) is 49.9 Å². The number of carbonyl (C=O) groups is 2. The van der Waals surface area contributed by atoms with E-state index in [1.165, 1.54) is 11.3 Å². The van der Waals surface area contributed by atoms with Gasteiger partial charge in [-0.25, -0.2) is 0 Å². The maximum Gasteiger partial charge on any atom is 0.253 e. The Hall–Kier alpha value is -2.18. The molecule has 1 saturated heterocycles. The second-order valence-electron chi connectivity index (χ2n) is 5.70. The van der Waals surface area contributed by atoms with Crippen LogP contribution >= 0.6 is 11.3 Å². The van der Waals surface area contributed by atoms with E-state index in [9.17, 15) is 9.59 Å². The molecule has 126 valence electrons. The van der Waals surface area contributed by atoms with Gasteiger partial charge in [0.1, 0.15) is 5.75 Å². The number of Topliss-reactive ketones (excluding diaryl/α,β-unsaturated/α-hetero) is 1. The minimum atomic E-state index is 0.0295. The Morgan fingerprint density at radius 2 is 1.79 bits per heavy atom. The van der Waals surface area contributed by atoms with Crippen LogP contribution < -0.4 is 4.74 Å². The number of rotatable bonds is 5. The van der Waals surface area contributed by atoms with Crippen LogP contribution in [0, 0.1) is 0 Å². The van der Waals surface area contributed by atoms with Crippen LogP contribution in [0.15, 0.2) is 41.8 Å². The lowest BCUT2D eigenvalue weighted by atomic mass is 10.1. The van der Waals surface area contributed by atoms with Gasteiger partial charge in [0.15, 0.2) is 5.78 Å². The van der Waals surface area contributed by atoms with Gasteiger partial charge in [0.25, 0.3) is 5.91 Å². The minimum absolute atomic E-state index is 0.0295. The molecule has 24 heavy (non-hydrogen) atoms. The monoisotopic (exact) mass is 344 g/mol. The number of amides is 1. The SMILES string of the molecule is COc1ccc(C(=O)N2CCN(CC(=O)c3cccs3)CC2)cc1. The summed E-state index contributed by atoms with van der Waals surface area (Å²) in [6, 6.07) is 10.9. The molecule has 0 spiro atoms. The Balaban J connectivity index is 1.52. The average molecular weight is 344 g/mol. The van der Waals surface area contributed by atoms with E-state index in [0.717, 1.165) is 23.7 Å². The van der Waals surface area contributed by atoms with Crippen molar-refractivity contribution in [3.8, 4) is 5.75 Å². The van der Waals surface area contributed by atoms with Gasteiger partial charge in [-0.2, -0.15) is 0 Å². The first-order chi connectivity index (χ1) is 11.7. The molecule has 6 heteroatoms. The Kier molecular flexibility index (Phi) is 5.27. The van der Waals surface area contributed by atoms with E-state index >= 15 is 0 Å². The van der Waals surface area contributed by atoms with Crippen LogP contribution in [0.3, 0.4) is 0 Å². The fourth-order valence-corrected chi connectivity index (χ4v) is 3.40. The molecule has 1 fully saturated rings. The largest absolute Gasteiger partial charge is 0.497 e. The molecule has 1 aromatic heterocycles. The number of hydrogen-bond acceptors (Lipinski definition) is 5. The van der Waals surface area contributed by atoms with E-state index in [1.54, 1.807) is 31.4 Å². The third kappa shape index (κ3) is 3.83. The molecule has 1 amide bonds. The van der Waals surface area contributed by atoms with Crippen LogP contribution in [0.25, 0.3) is 0 Å². The van der Waals surface area contributed by atoms with E-state index in [-0.39, 0.29) is 11.7 Å². The van der Waals surface area contributed by atoms with Gasteiger partial charge < -0.3 is 9.64 Å². The number of carbonyl (C=O) groups excluding carboxylic acids is 2. The quantitative estimate of drug-likeness (QED) is 0.782. The summed E-state index contributed by atoms with van der Waals surface area (Å²) in [5.74, 6) is 0.922. The van der Waals surface area contributed by atoms with Gasteiger partial charge in [0, 0.05) is 31.7 Å². The van der Waals surface area contributed by atoms with E-state index in [2.05, 4.69) is 4.90 Å². The van der Waals surface area contributed by atoms with Crippen molar-refractivity contribution in [2.24, 2.45) is 0 Å². The number of ether oxygens (including phenoxy) is 1. The van der Waals surface area contributed by atoms with Gasteiger partial charge in [0.05, 0.1) is 18.5 Å². The lowest BCUT2D eigenvalue weighted by Gasteiger charge is -2.34. The first-order valence-corrected chi connectivity index (χ1v) is 8.78. The minimum Gasteiger partial charge on any atom is -0.497 e. The Labute approximate surface area is 145 Å². The standard InChI is InChI=1S/C18H20N2O3S/c1-23-15-6-4-14(5-7-15)18(22)20-10-8-19(9-11-20)13-16(21)17-3-2-12-24-17/h2-7,12H,8-11,13H2,1H3. The number of benzene rings is 1. The molecular weight excluding hydrogens is 324 g/mol. The highest BCUT2D eigenvalue weighted by molar-refractivity contribution is 7.12. The number of thiophene rings is 1. The van der Waals surface area contributed by atoms with Crippen molar-refractivity contribution in [1.29, 1.82) is 0 Å². The summed E-state index contributed by atoms with van der Waals surface area (Å²) in [5.41, 5.74) is 0.666. The van der Waals surface area contributed by atoms with Gasteiger partial charge in [-0.05, 0) is 35.7 Å². The van der Waals surface area contributed by atoms with Gasteiger partial charge >= 0.3 is 0 Å². The Morgan fingerprint density at radius 1 is 1.08 bits per heavy atom. The second-order valence-corrected chi connectivity index (χ2v) is 6.65. The molecule has 1 aliphatic rings. The molecule has 0 atom stereocenters. The zero-order chi connectivity index (χ0) is 16.9. The lowest BCUT2D eigenvalue weighted by Crippen LogP contribution is -2.49. The van der Waals surface area contributed by atoms with Crippen LogP contribution in [0.5, 0.6) is 5.75 Å². The fraction of sp³-hybridized carbons (Fsp3) is 0.333. The molecule has 1 aliphatic heterocycles. The number of piperazine rings is 1. The molecule has 0 aliphatic carbocycles. The average Bonchev–Trinajstić information content (AvgIpc) is 3.17. The van der Waals surface area contributed by atoms with Gasteiger partial charge in [0.2, 0.25) is 0 Å². The molecule has 3 rings (SSSR count). The van der Waals surface area contributed by atoms with Crippen LogP contribution in [-0.4, -0.2) is 61.3 Å². The lowest BCUT2D eigenvalue weighted by molar-refractivity contribution is 0.0625. The van der Waals surface area contributed by atoms with Crippen molar-refractivity contribution in [3.05, 3.63) is 52.2 Å². The summed E-state index contributed by atoms with van der Waals surface area (Å²) >= 11 is 1.47. The van der Waals surface area contributed by atoms with Crippen molar-refractivity contribution in [2.45, 2.75) is 0 Å². The number of methoxy groups -OCH3 is 1. The van der Waals surface area contributed by atoms with Gasteiger partial charge in [-0.15, -0.1) is 11.3 Å². The summed E-state index contributed by atoms with van der Waals surface area (Å²) in [6.07, 6.45) is 0. The zero-order valence-corrected chi connectivity index (χ0v) is 14.4. The van der Waals surface area contributed by atoms with E-state index in [0.29, 0.717) is 25.2 Å². The molecule has 0 radical (unpaired) electrons. The first-order valence-electron chi connectivity index (χ1n) is 7.90. The van der Waals surface area contributed by atoms with Crippen LogP contribution in [0.4, 0.5) is 0 Å². The van der Waals surface area contributed by atoms with E-state index in [4.69, 9.17) is 4.74 Å². The van der Waals surface area contributed by atoms with Crippen molar-refractivity contribution in [2.75, 3.05) is 39.8 Å². The molecule has 1 aromatic carbocycles. The third-order valence-corrected chi connectivity index (χ3v) is 5.07. The van der Waals surface area contributed by atoms with Crippen molar-refractivity contribution in [1.82, 2.24) is 9.80 Å². The summed E-state index contributed by atoms with van der Waals surface area (Å²) in [5, 5.41) is 1.92. The normalized spacial score (nSPS) is 15.3. The summed E-state index contributed by atoms with van der Waals surface area (Å²) in [4.78, 5) is 29.4. The van der Waals surface area contributed by atoms with Crippen molar-refractivity contribution >= 4 is 23.0 Å². The second kappa shape index (κ2) is 7.59. The highest BCUT2D eigenvalue weighted by Crippen LogP contribution is 2.15. The van der Waals surface area contributed by atoms with Gasteiger partial charge in [-0.3, -0.25) is 14.5 Å². The highest BCUT2D eigenvalue weighted by Gasteiger charge is 2.23. The van der Waals surface area contributed by atoms with E-state index in [1.807, 2.05) is 22.4 Å². The molecule has 5 nitrogen and oxygen atoms in total.